The van der Waals surface area contributed by atoms with Crippen molar-refractivity contribution in [2.24, 2.45) is 0 Å². The first-order valence-electron chi connectivity index (χ1n) is 8.04. The third kappa shape index (κ3) is 3.08. The first-order valence-corrected chi connectivity index (χ1v) is 8.04. The van der Waals surface area contributed by atoms with E-state index >= 15 is 0 Å². The molecule has 0 amide bonds. The molecule has 2 aromatic rings. The number of esters is 1. The highest BCUT2D eigenvalue weighted by molar-refractivity contribution is 5.79. The Morgan fingerprint density at radius 3 is 2.86 bits per heavy atom. The quantitative estimate of drug-likeness (QED) is 0.695. The van der Waals surface area contributed by atoms with Crippen LogP contribution < -0.4 is 5.73 Å². The minimum atomic E-state index is -0.243. The van der Waals surface area contributed by atoms with Gasteiger partial charge < -0.3 is 15.0 Å². The Hall–Kier alpha value is -2.04. The molecule has 1 aliphatic carbocycles. The van der Waals surface area contributed by atoms with Gasteiger partial charge in [0, 0.05) is 18.5 Å². The summed E-state index contributed by atoms with van der Waals surface area (Å²) in [6.45, 7) is 2.46. The van der Waals surface area contributed by atoms with E-state index in [1.165, 1.54) is 39.0 Å². The number of nitrogen functional groups attached to an aromatic ring is 1. The van der Waals surface area contributed by atoms with Gasteiger partial charge >= 0.3 is 5.97 Å². The molecule has 0 bridgehead atoms. The minimum Gasteiger partial charge on any atom is -0.464 e. The van der Waals surface area contributed by atoms with Crippen molar-refractivity contribution in [2.75, 3.05) is 12.3 Å². The monoisotopic (exact) mass is 301 g/mol. The van der Waals surface area contributed by atoms with E-state index in [1.807, 2.05) is 18.2 Å². The van der Waals surface area contributed by atoms with Crippen LogP contribution in [-0.4, -0.2) is 22.1 Å². The van der Waals surface area contributed by atoms with E-state index < -0.39 is 0 Å². The second-order valence-electron chi connectivity index (χ2n) is 6.04. The van der Waals surface area contributed by atoms with Crippen LogP contribution >= 0.6 is 0 Å². The van der Waals surface area contributed by atoms with Crippen molar-refractivity contribution in [1.82, 2.24) is 9.55 Å². The molecule has 3 rings (SSSR count). The molecule has 1 heterocycles. The van der Waals surface area contributed by atoms with E-state index in [0.717, 1.165) is 22.5 Å². The number of carbonyl (C=O) groups excluding carboxylic acids is 1. The summed E-state index contributed by atoms with van der Waals surface area (Å²) in [6, 6.07) is 5.83. The highest BCUT2D eigenvalue weighted by atomic mass is 16.5. The Labute approximate surface area is 130 Å². The van der Waals surface area contributed by atoms with Crippen molar-refractivity contribution in [2.45, 2.75) is 51.5 Å². The highest BCUT2D eigenvalue weighted by Gasteiger charge is 2.22. The van der Waals surface area contributed by atoms with Crippen LogP contribution in [0.2, 0.25) is 0 Å². The molecule has 2 N–H and O–H groups in total. The smallest absolute Gasteiger partial charge is 0.302 e. The number of nitrogens with zero attached hydrogens (tertiary/aromatic N) is 2. The lowest BCUT2D eigenvalue weighted by Gasteiger charge is -2.22. The molecule has 0 radical (unpaired) electrons. The van der Waals surface area contributed by atoms with Crippen LogP contribution in [0.25, 0.3) is 11.0 Å². The number of aromatic nitrogens is 2. The molecule has 5 heteroatoms. The molecule has 118 valence electrons. The first-order chi connectivity index (χ1) is 10.6. The molecule has 5 nitrogen and oxygen atoms in total. The Balaban J connectivity index is 1.94. The largest absolute Gasteiger partial charge is 0.464 e. The number of nitrogens with two attached hydrogens (primary N) is 1. The van der Waals surface area contributed by atoms with Gasteiger partial charge in [0.1, 0.15) is 12.4 Å². The van der Waals surface area contributed by atoms with Gasteiger partial charge in [0.2, 0.25) is 0 Å². The zero-order chi connectivity index (χ0) is 15.5. The molecule has 22 heavy (non-hydrogen) atoms. The highest BCUT2D eigenvalue weighted by Crippen LogP contribution is 2.34. The SMILES string of the molecule is CC(=O)OCCn1c(C2CCCCC2)nc2cc(N)ccc21. The van der Waals surface area contributed by atoms with E-state index in [9.17, 15) is 4.79 Å². The number of benzene rings is 1. The van der Waals surface area contributed by atoms with E-state index in [-0.39, 0.29) is 5.97 Å². The zero-order valence-corrected chi connectivity index (χ0v) is 13.0. The van der Waals surface area contributed by atoms with Crippen LogP contribution in [0, 0.1) is 0 Å². The van der Waals surface area contributed by atoms with Gasteiger partial charge in [-0.3, -0.25) is 4.79 Å². The first kappa shape index (κ1) is 14.9. The van der Waals surface area contributed by atoms with Crippen molar-refractivity contribution in [3.05, 3.63) is 24.0 Å². The summed E-state index contributed by atoms with van der Waals surface area (Å²) in [4.78, 5) is 15.8. The predicted molar refractivity (Wildman–Crippen MR) is 86.6 cm³/mol. The van der Waals surface area contributed by atoms with Crippen molar-refractivity contribution >= 4 is 22.7 Å². The molecule has 1 aromatic carbocycles. The maximum atomic E-state index is 11.0. The van der Waals surface area contributed by atoms with Crippen LogP contribution in [-0.2, 0) is 16.1 Å². The maximum absolute atomic E-state index is 11.0. The van der Waals surface area contributed by atoms with Crippen LogP contribution in [0.4, 0.5) is 5.69 Å². The third-order valence-electron chi connectivity index (χ3n) is 4.39. The van der Waals surface area contributed by atoms with Gasteiger partial charge in [-0.15, -0.1) is 0 Å². The van der Waals surface area contributed by atoms with Crippen LogP contribution in [0.15, 0.2) is 18.2 Å². The molecule has 0 spiro atoms. The maximum Gasteiger partial charge on any atom is 0.302 e. The molecule has 1 aliphatic rings. The molecule has 0 saturated heterocycles. The van der Waals surface area contributed by atoms with E-state index in [0.29, 0.717) is 19.1 Å². The normalized spacial score (nSPS) is 16.0. The lowest BCUT2D eigenvalue weighted by Crippen LogP contribution is -2.15. The van der Waals surface area contributed by atoms with Gasteiger partial charge in [-0.05, 0) is 31.0 Å². The van der Waals surface area contributed by atoms with E-state index in [1.54, 1.807) is 0 Å². The lowest BCUT2D eigenvalue weighted by molar-refractivity contribution is -0.141. The Bertz CT molecular complexity index is 672. The Kier molecular flexibility index (Phi) is 4.32. The standard InChI is InChI=1S/C17H23N3O2/c1-12(21)22-10-9-20-16-8-7-14(18)11-15(16)19-17(20)13-5-3-2-4-6-13/h7-8,11,13H,2-6,9-10,18H2,1H3. The molecule has 0 unspecified atom stereocenters. The molecule has 0 atom stereocenters. The summed E-state index contributed by atoms with van der Waals surface area (Å²) >= 11 is 0. The molecule has 0 aliphatic heterocycles. The van der Waals surface area contributed by atoms with Gasteiger partial charge in [-0.25, -0.2) is 4.98 Å². The predicted octanol–water partition coefficient (Wildman–Crippen LogP) is 3.23. The van der Waals surface area contributed by atoms with E-state index in [2.05, 4.69) is 4.57 Å². The molecule has 1 saturated carbocycles. The second-order valence-corrected chi connectivity index (χ2v) is 6.04. The average molecular weight is 301 g/mol. The average Bonchev–Trinajstić information content (AvgIpc) is 2.86. The summed E-state index contributed by atoms with van der Waals surface area (Å²) in [5.41, 5.74) is 8.62. The summed E-state index contributed by atoms with van der Waals surface area (Å²) in [5, 5.41) is 0. The summed E-state index contributed by atoms with van der Waals surface area (Å²) in [7, 11) is 0. The number of rotatable bonds is 4. The fourth-order valence-electron chi connectivity index (χ4n) is 3.35. The third-order valence-corrected chi connectivity index (χ3v) is 4.39. The van der Waals surface area contributed by atoms with E-state index in [4.69, 9.17) is 15.5 Å². The van der Waals surface area contributed by atoms with Gasteiger partial charge in [0.25, 0.3) is 0 Å². The molecular formula is C17H23N3O2. The number of hydrogen-bond donors (Lipinski definition) is 1. The number of anilines is 1. The Morgan fingerprint density at radius 2 is 2.14 bits per heavy atom. The van der Waals surface area contributed by atoms with Crippen molar-refractivity contribution in [1.29, 1.82) is 0 Å². The molecule has 1 aromatic heterocycles. The van der Waals surface area contributed by atoms with Gasteiger partial charge in [-0.1, -0.05) is 19.3 Å². The van der Waals surface area contributed by atoms with Crippen molar-refractivity contribution in [3.8, 4) is 0 Å². The number of imidazole rings is 1. The number of fused-ring (bicyclic) bond motifs is 1. The number of hydrogen-bond acceptors (Lipinski definition) is 4. The van der Waals surface area contributed by atoms with Crippen LogP contribution in [0.3, 0.4) is 0 Å². The number of ether oxygens (including phenoxy) is 1. The summed E-state index contributed by atoms with van der Waals surface area (Å²) < 4.78 is 7.32. The second kappa shape index (κ2) is 6.38. The fraction of sp³-hybridized carbons (Fsp3) is 0.529. The molecule has 1 fully saturated rings. The topological polar surface area (TPSA) is 70.1 Å². The Morgan fingerprint density at radius 1 is 1.36 bits per heavy atom. The number of carbonyl (C=O) groups is 1. The lowest BCUT2D eigenvalue weighted by atomic mass is 9.88. The van der Waals surface area contributed by atoms with Crippen molar-refractivity contribution in [3.63, 3.8) is 0 Å². The van der Waals surface area contributed by atoms with Gasteiger partial charge in [-0.2, -0.15) is 0 Å². The summed E-state index contributed by atoms with van der Waals surface area (Å²) in [6.07, 6.45) is 6.22. The fourth-order valence-corrected chi connectivity index (χ4v) is 3.35. The summed E-state index contributed by atoms with van der Waals surface area (Å²) in [5.74, 6) is 1.38. The van der Waals surface area contributed by atoms with Gasteiger partial charge in [0.15, 0.2) is 0 Å². The van der Waals surface area contributed by atoms with Crippen LogP contribution in [0.5, 0.6) is 0 Å². The van der Waals surface area contributed by atoms with Gasteiger partial charge in [0.05, 0.1) is 17.6 Å². The minimum absolute atomic E-state index is 0.243. The zero-order valence-electron chi connectivity index (χ0n) is 13.0. The molecular weight excluding hydrogens is 278 g/mol. The van der Waals surface area contributed by atoms with Crippen molar-refractivity contribution < 1.29 is 9.53 Å². The van der Waals surface area contributed by atoms with Crippen LogP contribution in [0.1, 0.15) is 50.8 Å².